The fourth-order valence-corrected chi connectivity index (χ4v) is 3.53. The third kappa shape index (κ3) is 3.54. The van der Waals surface area contributed by atoms with Gasteiger partial charge in [0.25, 0.3) is 0 Å². The van der Waals surface area contributed by atoms with E-state index in [1.54, 1.807) is 16.8 Å². The smallest absolute Gasteiger partial charge is 0.305 e. The van der Waals surface area contributed by atoms with Crippen molar-refractivity contribution >= 4 is 17.8 Å². The molecular weight excluding hydrogens is 272 g/mol. The van der Waals surface area contributed by atoms with Gasteiger partial charge in [-0.3, -0.25) is 14.4 Å². The number of rotatable bonds is 5. The molecule has 1 saturated heterocycles. The van der Waals surface area contributed by atoms with Crippen LogP contribution in [0.4, 0.5) is 0 Å². The van der Waals surface area contributed by atoms with E-state index < -0.39 is 11.5 Å². The molecule has 1 aliphatic carbocycles. The minimum atomic E-state index is -0.867. The molecule has 2 amide bonds. The second kappa shape index (κ2) is 6.45. The molecule has 0 aromatic heterocycles. The number of carbonyl (C=O) groups is 3. The van der Waals surface area contributed by atoms with Gasteiger partial charge in [-0.1, -0.05) is 19.3 Å². The normalized spacial score (nSPS) is 21.4. The number of nitrogens with zero attached hydrogens (tertiary/aromatic N) is 2. The quantitative estimate of drug-likeness (QED) is 0.828. The molecule has 2 fully saturated rings. The van der Waals surface area contributed by atoms with Gasteiger partial charge in [0.15, 0.2) is 0 Å². The van der Waals surface area contributed by atoms with Gasteiger partial charge >= 0.3 is 5.97 Å². The highest BCUT2D eigenvalue weighted by Crippen LogP contribution is 2.36. The summed E-state index contributed by atoms with van der Waals surface area (Å²) in [6, 6.07) is 0. The topological polar surface area (TPSA) is 77.9 Å². The van der Waals surface area contributed by atoms with Crippen LogP contribution in [0.15, 0.2) is 0 Å². The standard InChI is InChI=1S/C15H24N2O4/c1-16(13(19)11-17-9-5-6-12(17)18)15(10-14(20)21)7-3-2-4-8-15/h2-11H2,1H3,(H,20,21). The van der Waals surface area contributed by atoms with Crippen LogP contribution in [0.5, 0.6) is 0 Å². The van der Waals surface area contributed by atoms with Gasteiger partial charge < -0.3 is 14.9 Å². The predicted octanol–water partition coefficient (Wildman–Crippen LogP) is 1.24. The lowest BCUT2D eigenvalue weighted by molar-refractivity contribution is -0.148. The molecule has 6 heteroatoms. The molecule has 0 aromatic carbocycles. The maximum Gasteiger partial charge on any atom is 0.305 e. The zero-order chi connectivity index (χ0) is 15.5. The van der Waals surface area contributed by atoms with E-state index in [4.69, 9.17) is 0 Å². The van der Waals surface area contributed by atoms with Crippen LogP contribution in [0.25, 0.3) is 0 Å². The largest absolute Gasteiger partial charge is 0.481 e. The lowest BCUT2D eigenvalue weighted by Crippen LogP contribution is -2.54. The number of hydrogen-bond donors (Lipinski definition) is 1. The average Bonchev–Trinajstić information content (AvgIpc) is 2.83. The first kappa shape index (κ1) is 15.8. The van der Waals surface area contributed by atoms with Gasteiger partial charge in [-0.15, -0.1) is 0 Å². The average molecular weight is 296 g/mol. The maximum absolute atomic E-state index is 12.5. The first-order valence-electron chi connectivity index (χ1n) is 7.71. The number of carboxylic acid groups (broad SMARTS) is 1. The summed E-state index contributed by atoms with van der Waals surface area (Å²) in [4.78, 5) is 38.5. The zero-order valence-electron chi connectivity index (χ0n) is 12.6. The molecule has 1 aliphatic heterocycles. The van der Waals surface area contributed by atoms with Crippen LogP contribution in [0.1, 0.15) is 51.4 Å². The number of aliphatic carboxylic acids is 1. The minimum absolute atomic E-state index is 0.0107. The Balaban J connectivity index is 2.06. The molecule has 0 unspecified atom stereocenters. The Kier molecular flexibility index (Phi) is 4.85. The lowest BCUT2D eigenvalue weighted by atomic mass is 9.78. The van der Waals surface area contributed by atoms with E-state index >= 15 is 0 Å². The van der Waals surface area contributed by atoms with Crippen molar-refractivity contribution < 1.29 is 19.5 Å². The molecule has 0 atom stereocenters. The third-order valence-electron chi connectivity index (χ3n) is 4.85. The molecule has 118 valence electrons. The summed E-state index contributed by atoms with van der Waals surface area (Å²) in [6.45, 7) is 0.709. The van der Waals surface area contributed by atoms with Crippen molar-refractivity contribution in [3.63, 3.8) is 0 Å². The Labute approximate surface area is 125 Å². The molecule has 1 heterocycles. The number of amides is 2. The SMILES string of the molecule is CN(C(=O)CN1CCCC1=O)C1(CC(=O)O)CCCCC1. The molecule has 2 aliphatic rings. The second-order valence-electron chi connectivity index (χ2n) is 6.23. The molecular formula is C15H24N2O4. The highest BCUT2D eigenvalue weighted by Gasteiger charge is 2.41. The van der Waals surface area contributed by atoms with Crippen molar-refractivity contribution in [2.45, 2.75) is 56.9 Å². The van der Waals surface area contributed by atoms with Gasteiger partial charge in [-0.25, -0.2) is 0 Å². The molecule has 1 saturated carbocycles. The summed E-state index contributed by atoms with van der Waals surface area (Å²) < 4.78 is 0. The van der Waals surface area contributed by atoms with Crippen molar-refractivity contribution in [3.8, 4) is 0 Å². The van der Waals surface area contributed by atoms with Crippen LogP contribution in [0.3, 0.4) is 0 Å². The molecule has 0 bridgehead atoms. The first-order valence-corrected chi connectivity index (χ1v) is 7.71. The van der Waals surface area contributed by atoms with Gasteiger partial charge in [0, 0.05) is 20.0 Å². The van der Waals surface area contributed by atoms with E-state index in [0.29, 0.717) is 13.0 Å². The molecule has 0 aromatic rings. The maximum atomic E-state index is 12.5. The highest BCUT2D eigenvalue weighted by molar-refractivity contribution is 5.86. The van der Waals surface area contributed by atoms with Crippen LogP contribution in [0, 0.1) is 0 Å². The molecule has 1 N–H and O–H groups in total. The summed E-state index contributed by atoms with van der Waals surface area (Å²) in [6.07, 6.45) is 5.76. The van der Waals surface area contributed by atoms with Crippen LogP contribution in [-0.2, 0) is 14.4 Å². The summed E-state index contributed by atoms with van der Waals surface area (Å²) in [7, 11) is 1.69. The van der Waals surface area contributed by atoms with E-state index in [2.05, 4.69) is 0 Å². The fourth-order valence-electron chi connectivity index (χ4n) is 3.53. The molecule has 6 nitrogen and oxygen atoms in total. The van der Waals surface area contributed by atoms with Crippen LogP contribution >= 0.6 is 0 Å². The van der Waals surface area contributed by atoms with Crippen molar-refractivity contribution in [3.05, 3.63) is 0 Å². The minimum Gasteiger partial charge on any atom is -0.481 e. The van der Waals surface area contributed by atoms with Crippen molar-refractivity contribution in [2.75, 3.05) is 20.1 Å². The molecule has 2 rings (SSSR count). The fraction of sp³-hybridized carbons (Fsp3) is 0.800. The van der Waals surface area contributed by atoms with Gasteiger partial charge in [0.05, 0.1) is 18.5 Å². The summed E-state index contributed by atoms with van der Waals surface area (Å²) in [5.74, 6) is -0.991. The first-order chi connectivity index (χ1) is 9.94. The molecule has 0 spiro atoms. The van der Waals surface area contributed by atoms with Crippen LogP contribution in [-0.4, -0.2) is 58.4 Å². The van der Waals surface area contributed by atoms with Crippen LogP contribution < -0.4 is 0 Å². The highest BCUT2D eigenvalue weighted by atomic mass is 16.4. The number of carbonyl (C=O) groups excluding carboxylic acids is 2. The van der Waals surface area contributed by atoms with Crippen LogP contribution in [0.2, 0.25) is 0 Å². The lowest BCUT2D eigenvalue weighted by Gasteiger charge is -2.44. The predicted molar refractivity (Wildman–Crippen MR) is 76.7 cm³/mol. The molecule has 21 heavy (non-hydrogen) atoms. The zero-order valence-corrected chi connectivity index (χ0v) is 12.6. The number of likely N-dealkylation sites (N-methyl/N-ethyl adjacent to an activating group) is 1. The Hall–Kier alpha value is -1.59. The van der Waals surface area contributed by atoms with E-state index in [1.165, 1.54) is 0 Å². The van der Waals surface area contributed by atoms with Crippen molar-refractivity contribution in [1.29, 1.82) is 0 Å². The van der Waals surface area contributed by atoms with Gasteiger partial charge in [0.1, 0.15) is 0 Å². The van der Waals surface area contributed by atoms with Gasteiger partial charge in [0.2, 0.25) is 11.8 Å². The van der Waals surface area contributed by atoms with E-state index in [0.717, 1.165) is 38.5 Å². The van der Waals surface area contributed by atoms with Gasteiger partial charge in [-0.2, -0.15) is 0 Å². The summed E-state index contributed by atoms with van der Waals surface area (Å²) >= 11 is 0. The third-order valence-corrected chi connectivity index (χ3v) is 4.85. The Morgan fingerprint density at radius 3 is 2.43 bits per heavy atom. The number of likely N-dealkylation sites (tertiary alicyclic amines) is 1. The Bertz CT molecular complexity index is 429. The van der Waals surface area contributed by atoms with E-state index in [-0.39, 0.29) is 24.8 Å². The monoisotopic (exact) mass is 296 g/mol. The summed E-state index contributed by atoms with van der Waals surface area (Å²) in [5.41, 5.74) is -0.579. The molecule has 0 radical (unpaired) electrons. The van der Waals surface area contributed by atoms with Crippen molar-refractivity contribution in [1.82, 2.24) is 9.80 Å². The van der Waals surface area contributed by atoms with E-state index in [9.17, 15) is 19.5 Å². The second-order valence-corrected chi connectivity index (χ2v) is 6.23. The Morgan fingerprint density at radius 2 is 1.90 bits per heavy atom. The number of hydrogen-bond acceptors (Lipinski definition) is 3. The van der Waals surface area contributed by atoms with Crippen molar-refractivity contribution in [2.24, 2.45) is 0 Å². The Morgan fingerprint density at radius 1 is 1.24 bits per heavy atom. The van der Waals surface area contributed by atoms with Gasteiger partial charge in [-0.05, 0) is 19.3 Å². The summed E-state index contributed by atoms with van der Waals surface area (Å²) in [5, 5.41) is 9.19. The van der Waals surface area contributed by atoms with E-state index in [1.807, 2.05) is 0 Å². The number of carboxylic acids is 1.